The summed E-state index contributed by atoms with van der Waals surface area (Å²) in [7, 11) is 0. The van der Waals surface area contributed by atoms with E-state index in [4.69, 9.17) is 9.47 Å². The summed E-state index contributed by atoms with van der Waals surface area (Å²) in [6.45, 7) is 10.2. The highest BCUT2D eigenvalue weighted by Gasteiger charge is 2.70. The topological polar surface area (TPSA) is 55.8 Å². The normalized spacial score (nSPS) is 60.9. The molecule has 0 radical (unpaired) electrons. The zero-order valence-corrected chi connectivity index (χ0v) is 19.9. The molecule has 6 aliphatic rings. The van der Waals surface area contributed by atoms with Crippen molar-refractivity contribution in [2.24, 2.45) is 52.3 Å². The standard InChI is InChI=1S/C27H42O4/c1-15-7-10-27(30-14-15)16(2)23-22(31-27)12-20-19-6-5-17-11-18(28)8-9-25(17,3)24(19)21(29)13-26(20,23)4/h15-20,22-24,28H,5-14H2,1-4H3. The molecule has 4 aliphatic carbocycles. The molecule has 1 N–H and O–H groups in total. The Morgan fingerprint density at radius 1 is 1.00 bits per heavy atom. The van der Waals surface area contributed by atoms with Crippen molar-refractivity contribution in [2.45, 2.75) is 103 Å². The van der Waals surface area contributed by atoms with Gasteiger partial charge in [0.15, 0.2) is 5.79 Å². The van der Waals surface area contributed by atoms with Crippen LogP contribution in [0.25, 0.3) is 0 Å². The lowest BCUT2D eigenvalue weighted by atomic mass is 9.44. The van der Waals surface area contributed by atoms with Gasteiger partial charge in [0.05, 0.1) is 18.8 Å². The summed E-state index contributed by atoms with van der Waals surface area (Å²) < 4.78 is 13.2. The second kappa shape index (κ2) is 6.79. The zero-order chi connectivity index (χ0) is 21.8. The fraction of sp³-hybridized carbons (Fsp3) is 0.963. The maximum atomic E-state index is 13.9. The van der Waals surface area contributed by atoms with Crippen LogP contribution in [0.3, 0.4) is 0 Å². The molecule has 1 spiro atoms. The summed E-state index contributed by atoms with van der Waals surface area (Å²) in [4.78, 5) is 13.9. The van der Waals surface area contributed by atoms with Crippen LogP contribution in [-0.4, -0.2) is 35.5 Å². The summed E-state index contributed by atoms with van der Waals surface area (Å²) in [6, 6.07) is 0. The summed E-state index contributed by atoms with van der Waals surface area (Å²) in [6.07, 6.45) is 9.26. The van der Waals surface area contributed by atoms with Crippen molar-refractivity contribution in [1.29, 1.82) is 0 Å². The van der Waals surface area contributed by atoms with E-state index in [0.29, 0.717) is 41.3 Å². The third-order valence-electron chi connectivity index (χ3n) is 11.6. The predicted octanol–water partition coefficient (Wildman–Crippen LogP) is 4.97. The Hall–Kier alpha value is -0.450. The zero-order valence-electron chi connectivity index (χ0n) is 19.9. The van der Waals surface area contributed by atoms with Crippen molar-refractivity contribution in [1.82, 2.24) is 0 Å². The second-order valence-electron chi connectivity index (χ2n) is 13.1. The van der Waals surface area contributed by atoms with Crippen molar-refractivity contribution < 1.29 is 19.4 Å². The third-order valence-corrected chi connectivity index (χ3v) is 11.6. The van der Waals surface area contributed by atoms with E-state index in [9.17, 15) is 9.90 Å². The van der Waals surface area contributed by atoms with Gasteiger partial charge >= 0.3 is 0 Å². The molecule has 2 saturated heterocycles. The van der Waals surface area contributed by atoms with Gasteiger partial charge in [-0.3, -0.25) is 4.79 Å². The van der Waals surface area contributed by atoms with Crippen LogP contribution in [0.5, 0.6) is 0 Å². The number of ether oxygens (including phenoxy) is 2. The molecule has 0 amide bonds. The maximum Gasteiger partial charge on any atom is 0.171 e. The minimum Gasteiger partial charge on any atom is -0.393 e. The summed E-state index contributed by atoms with van der Waals surface area (Å²) in [5.74, 6) is 3.36. The number of aliphatic hydroxyl groups excluding tert-OH is 1. The van der Waals surface area contributed by atoms with Crippen LogP contribution >= 0.6 is 0 Å². The summed E-state index contributed by atoms with van der Waals surface area (Å²) in [5, 5.41) is 10.3. The number of carbonyl (C=O) groups excluding carboxylic acids is 1. The van der Waals surface area contributed by atoms with Crippen LogP contribution in [0.2, 0.25) is 0 Å². The lowest BCUT2D eigenvalue weighted by Crippen LogP contribution is -2.58. The number of ketones is 1. The minimum absolute atomic E-state index is 0.0512. The lowest BCUT2D eigenvalue weighted by Gasteiger charge is -2.60. The molecule has 4 heteroatoms. The number of hydrogen-bond donors (Lipinski definition) is 1. The molecule has 12 atom stereocenters. The Balaban J connectivity index is 1.30. The minimum atomic E-state index is -0.404. The van der Waals surface area contributed by atoms with E-state index in [2.05, 4.69) is 27.7 Å². The quantitative estimate of drug-likeness (QED) is 0.589. The average Bonchev–Trinajstić information content (AvgIpc) is 3.15. The first-order valence-corrected chi connectivity index (χ1v) is 13.2. The number of hydrogen-bond acceptors (Lipinski definition) is 4. The Bertz CT molecular complexity index is 756. The monoisotopic (exact) mass is 430 g/mol. The van der Waals surface area contributed by atoms with Crippen LogP contribution in [0.15, 0.2) is 0 Å². The average molecular weight is 431 g/mol. The molecule has 6 fully saturated rings. The maximum absolute atomic E-state index is 13.9. The largest absolute Gasteiger partial charge is 0.393 e. The van der Waals surface area contributed by atoms with Gasteiger partial charge in [0.2, 0.25) is 0 Å². The molecule has 2 heterocycles. The van der Waals surface area contributed by atoms with Crippen LogP contribution < -0.4 is 0 Å². The summed E-state index contributed by atoms with van der Waals surface area (Å²) in [5.41, 5.74) is 0.143. The van der Waals surface area contributed by atoms with Gasteiger partial charge in [0.25, 0.3) is 0 Å². The molecular formula is C27H42O4. The summed E-state index contributed by atoms with van der Waals surface area (Å²) >= 11 is 0. The first-order valence-electron chi connectivity index (χ1n) is 13.2. The fourth-order valence-corrected chi connectivity index (χ4v) is 10.1. The predicted molar refractivity (Wildman–Crippen MR) is 118 cm³/mol. The van der Waals surface area contributed by atoms with E-state index in [1.54, 1.807) is 0 Å². The molecule has 0 aromatic carbocycles. The van der Waals surface area contributed by atoms with Gasteiger partial charge in [-0.15, -0.1) is 0 Å². The molecule has 174 valence electrons. The fourth-order valence-electron chi connectivity index (χ4n) is 10.1. The van der Waals surface area contributed by atoms with Gasteiger partial charge in [-0.05, 0) is 85.4 Å². The first-order chi connectivity index (χ1) is 14.7. The van der Waals surface area contributed by atoms with E-state index >= 15 is 0 Å². The van der Waals surface area contributed by atoms with Gasteiger partial charge in [-0.25, -0.2) is 0 Å². The molecule has 6 rings (SSSR count). The molecule has 12 unspecified atom stereocenters. The molecule has 0 aromatic heterocycles. The van der Waals surface area contributed by atoms with E-state index in [-0.39, 0.29) is 29.0 Å². The Kier molecular flexibility index (Phi) is 4.62. The van der Waals surface area contributed by atoms with Crippen LogP contribution in [-0.2, 0) is 14.3 Å². The molecule has 0 bridgehead atoms. The number of Topliss-reactive ketones (excluding diaryl/α,β-unsaturated/α-hetero) is 1. The molecular weight excluding hydrogens is 388 g/mol. The van der Waals surface area contributed by atoms with E-state index < -0.39 is 5.79 Å². The Morgan fingerprint density at radius 2 is 1.81 bits per heavy atom. The van der Waals surface area contributed by atoms with Crippen molar-refractivity contribution in [2.75, 3.05) is 6.61 Å². The van der Waals surface area contributed by atoms with Crippen molar-refractivity contribution >= 4 is 5.78 Å². The first kappa shape index (κ1) is 21.1. The van der Waals surface area contributed by atoms with E-state index in [0.717, 1.165) is 51.6 Å². The van der Waals surface area contributed by atoms with Crippen LogP contribution in [0.1, 0.15) is 85.5 Å². The van der Waals surface area contributed by atoms with Crippen LogP contribution in [0, 0.1) is 52.3 Å². The smallest absolute Gasteiger partial charge is 0.171 e. The van der Waals surface area contributed by atoms with Gasteiger partial charge in [0, 0.05) is 24.7 Å². The Morgan fingerprint density at radius 3 is 2.55 bits per heavy atom. The SMILES string of the molecule is CC1CCC2(OC1)OC1CC3C4CCC5CC(O)CCC5(C)C4C(=O)CC3(C)C1C2C. The molecule has 31 heavy (non-hydrogen) atoms. The molecule has 2 aliphatic heterocycles. The number of rotatable bonds is 0. The lowest BCUT2D eigenvalue weighted by molar-refractivity contribution is -0.272. The highest BCUT2D eigenvalue weighted by Crippen LogP contribution is 2.70. The van der Waals surface area contributed by atoms with Gasteiger partial charge in [-0.2, -0.15) is 0 Å². The van der Waals surface area contributed by atoms with Gasteiger partial charge in [0.1, 0.15) is 5.78 Å². The highest BCUT2D eigenvalue weighted by atomic mass is 16.7. The second-order valence-corrected chi connectivity index (χ2v) is 13.1. The highest BCUT2D eigenvalue weighted by molar-refractivity contribution is 5.84. The Labute approximate surface area is 187 Å². The van der Waals surface area contributed by atoms with Crippen LogP contribution in [0.4, 0.5) is 0 Å². The van der Waals surface area contributed by atoms with E-state index in [1.807, 2.05) is 0 Å². The molecule has 4 nitrogen and oxygen atoms in total. The van der Waals surface area contributed by atoms with Crippen molar-refractivity contribution in [3.63, 3.8) is 0 Å². The van der Waals surface area contributed by atoms with Gasteiger partial charge in [-0.1, -0.05) is 27.7 Å². The molecule has 0 aromatic rings. The van der Waals surface area contributed by atoms with Gasteiger partial charge < -0.3 is 14.6 Å². The number of carbonyl (C=O) groups is 1. The third kappa shape index (κ3) is 2.74. The number of aliphatic hydroxyl groups is 1. The van der Waals surface area contributed by atoms with Crippen molar-refractivity contribution in [3.05, 3.63) is 0 Å². The molecule has 4 saturated carbocycles. The van der Waals surface area contributed by atoms with Crippen molar-refractivity contribution in [3.8, 4) is 0 Å². The van der Waals surface area contributed by atoms with E-state index in [1.165, 1.54) is 12.8 Å². The number of fused-ring (bicyclic) bond motifs is 7.